The van der Waals surface area contributed by atoms with Crippen molar-refractivity contribution in [3.8, 4) is 0 Å². The fourth-order valence-corrected chi connectivity index (χ4v) is 10.8. The van der Waals surface area contributed by atoms with Crippen LogP contribution in [0.25, 0.3) is 10.8 Å². The maximum Gasteiger partial charge on any atom is 0.0529 e. The molecule has 4 saturated carbocycles. The summed E-state index contributed by atoms with van der Waals surface area (Å²) in [7, 11) is 2.34. The molecule has 10 rings (SSSR count). The summed E-state index contributed by atoms with van der Waals surface area (Å²) in [6, 6.07) is 44.1. The van der Waals surface area contributed by atoms with E-state index in [1.165, 1.54) is 70.1 Å². The summed E-state index contributed by atoms with van der Waals surface area (Å²) in [4.78, 5) is 2.57. The molecule has 1 heteroatoms. The molecule has 0 saturated heterocycles. The quantitative estimate of drug-likeness (QED) is 0.212. The Morgan fingerprint density at radius 1 is 0.605 bits per heavy atom. The molecule has 7 atom stereocenters. The zero-order chi connectivity index (χ0) is 28.9. The van der Waals surface area contributed by atoms with Crippen LogP contribution in [0.1, 0.15) is 73.3 Å². The van der Waals surface area contributed by atoms with Crippen molar-refractivity contribution in [1.29, 1.82) is 0 Å². The van der Waals surface area contributed by atoms with Crippen molar-refractivity contribution in [2.45, 2.75) is 56.3 Å². The summed E-state index contributed by atoms with van der Waals surface area (Å²) >= 11 is 0. The van der Waals surface area contributed by atoms with E-state index in [0.717, 1.165) is 29.6 Å². The third kappa shape index (κ3) is 3.34. The maximum atomic E-state index is 2.64. The van der Waals surface area contributed by atoms with Crippen molar-refractivity contribution in [1.82, 2.24) is 0 Å². The van der Waals surface area contributed by atoms with Crippen LogP contribution in [0.5, 0.6) is 0 Å². The van der Waals surface area contributed by atoms with Crippen LogP contribution in [0, 0.1) is 23.7 Å². The van der Waals surface area contributed by atoms with E-state index in [2.05, 4.69) is 141 Å². The first-order chi connectivity index (χ1) is 21.0. The molecule has 4 bridgehead atoms. The molecule has 7 unspecified atom stereocenters. The molecular formula is C42H41N. The fourth-order valence-electron chi connectivity index (χ4n) is 10.8. The van der Waals surface area contributed by atoms with E-state index in [4.69, 9.17) is 0 Å². The number of hydrogen-bond donors (Lipinski definition) is 0. The summed E-state index contributed by atoms with van der Waals surface area (Å²) in [6.45, 7) is 5.03. The monoisotopic (exact) mass is 559 g/mol. The van der Waals surface area contributed by atoms with Crippen molar-refractivity contribution in [2.75, 3.05) is 11.9 Å². The maximum absolute atomic E-state index is 2.64. The van der Waals surface area contributed by atoms with Gasteiger partial charge in [-0.05, 0) is 94.5 Å². The highest BCUT2D eigenvalue weighted by atomic mass is 15.1. The van der Waals surface area contributed by atoms with E-state index in [0.29, 0.717) is 0 Å². The third-order valence-corrected chi connectivity index (χ3v) is 12.8. The van der Waals surface area contributed by atoms with Crippen LogP contribution < -0.4 is 4.90 Å². The molecule has 1 nitrogen and oxygen atoms in total. The van der Waals surface area contributed by atoms with Gasteiger partial charge in [0.15, 0.2) is 0 Å². The average molecular weight is 560 g/mol. The molecule has 1 heterocycles. The van der Waals surface area contributed by atoms with Gasteiger partial charge in [-0.3, -0.25) is 0 Å². The molecule has 0 radical (unpaired) electrons. The van der Waals surface area contributed by atoms with Crippen molar-refractivity contribution < 1.29 is 0 Å². The molecule has 43 heavy (non-hydrogen) atoms. The highest BCUT2D eigenvalue weighted by Crippen LogP contribution is 2.65. The van der Waals surface area contributed by atoms with Crippen LogP contribution in [0.2, 0.25) is 0 Å². The lowest BCUT2D eigenvalue weighted by molar-refractivity contribution is 0.249. The predicted octanol–water partition coefficient (Wildman–Crippen LogP) is 10.4. The van der Waals surface area contributed by atoms with Gasteiger partial charge in [0.2, 0.25) is 0 Å². The SMILES string of the molecule is CN1c2cc(C3C4CC5CC(C4)C3C5)ccc2C(C)(c2ccccc2)C(C)(c2ccccc2)c2ccc3ccccc3c21. The van der Waals surface area contributed by atoms with Crippen LogP contribution in [-0.4, -0.2) is 7.05 Å². The van der Waals surface area contributed by atoms with Crippen molar-refractivity contribution in [3.05, 3.63) is 143 Å². The van der Waals surface area contributed by atoms with Gasteiger partial charge in [0.25, 0.3) is 0 Å². The van der Waals surface area contributed by atoms with Crippen molar-refractivity contribution in [3.63, 3.8) is 0 Å². The standard InChI is InChI=1S/C42H41N/c1-41(32-13-6-4-7-14-32)36-20-19-29(39-31-23-27-22-30(25-31)35(39)24-27)26-38(36)43(3)40-34-17-11-10-12-28(34)18-21-37(40)42(41,2)33-15-8-5-9-16-33/h4-21,26-27,30-31,35,39H,22-25H2,1-3H3. The van der Waals surface area contributed by atoms with E-state index < -0.39 is 0 Å². The van der Waals surface area contributed by atoms with Gasteiger partial charge in [0.1, 0.15) is 0 Å². The van der Waals surface area contributed by atoms with E-state index in [9.17, 15) is 0 Å². The van der Waals surface area contributed by atoms with E-state index in [-0.39, 0.29) is 10.8 Å². The second kappa shape index (κ2) is 9.08. The summed E-state index contributed by atoms with van der Waals surface area (Å²) in [6.07, 6.45) is 5.86. The Balaban J connectivity index is 1.38. The normalized spacial score (nSPS) is 32.1. The van der Waals surface area contributed by atoms with Gasteiger partial charge in [-0.2, -0.15) is 0 Å². The number of fused-ring (bicyclic) bond motifs is 4. The molecule has 214 valence electrons. The second-order valence-corrected chi connectivity index (χ2v) is 14.5. The van der Waals surface area contributed by atoms with Gasteiger partial charge in [-0.15, -0.1) is 0 Å². The lowest BCUT2D eigenvalue weighted by atomic mass is 9.53. The summed E-state index contributed by atoms with van der Waals surface area (Å²) < 4.78 is 0. The van der Waals surface area contributed by atoms with Crippen LogP contribution in [0.3, 0.4) is 0 Å². The molecule has 0 aromatic heterocycles. The minimum atomic E-state index is -0.332. The van der Waals surface area contributed by atoms with Gasteiger partial charge in [0.05, 0.1) is 5.69 Å². The van der Waals surface area contributed by atoms with Crippen LogP contribution >= 0.6 is 0 Å². The summed E-state index contributed by atoms with van der Waals surface area (Å²) in [5, 5.41) is 2.63. The molecule has 5 aromatic carbocycles. The Morgan fingerprint density at radius 2 is 1.23 bits per heavy atom. The first kappa shape index (κ1) is 25.6. The molecule has 0 spiro atoms. The second-order valence-electron chi connectivity index (χ2n) is 14.5. The molecule has 0 amide bonds. The first-order valence-corrected chi connectivity index (χ1v) is 16.5. The third-order valence-electron chi connectivity index (χ3n) is 12.8. The largest absolute Gasteiger partial charge is 0.344 e. The van der Waals surface area contributed by atoms with Gasteiger partial charge in [0, 0.05) is 29.0 Å². The highest BCUT2D eigenvalue weighted by molar-refractivity contribution is 6.00. The van der Waals surface area contributed by atoms with Crippen LogP contribution in [-0.2, 0) is 10.8 Å². The Hall–Kier alpha value is -3.84. The molecule has 1 aliphatic heterocycles. The van der Waals surface area contributed by atoms with Gasteiger partial charge in [-0.25, -0.2) is 0 Å². The summed E-state index contributed by atoms with van der Waals surface area (Å²) in [5.41, 5.74) is 9.18. The molecule has 5 aromatic rings. The Labute approximate surface area is 256 Å². The fraction of sp³-hybridized carbons (Fsp3) is 0.333. The van der Waals surface area contributed by atoms with E-state index in [1.54, 1.807) is 5.56 Å². The first-order valence-electron chi connectivity index (χ1n) is 16.5. The lowest BCUT2D eigenvalue weighted by Gasteiger charge is -2.48. The van der Waals surface area contributed by atoms with E-state index in [1.807, 2.05) is 0 Å². The number of hydrogen-bond acceptors (Lipinski definition) is 1. The van der Waals surface area contributed by atoms with Gasteiger partial charge < -0.3 is 4.90 Å². The zero-order valence-corrected chi connectivity index (χ0v) is 25.6. The lowest BCUT2D eigenvalue weighted by Crippen LogP contribution is -2.46. The number of rotatable bonds is 3. The Bertz CT molecular complexity index is 1850. The average Bonchev–Trinajstić information content (AvgIpc) is 3.47. The molecule has 4 aliphatic carbocycles. The Kier molecular flexibility index (Phi) is 5.42. The molecule has 0 N–H and O–H groups in total. The highest BCUT2D eigenvalue weighted by Gasteiger charge is 2.56. The minimum absolute atomic E-state index is 0.321. The van der Waals surface area contributed by atoms with Crippen LogP contribution in [0.15, 0.2) is 115 Å². The topological polar surface area (TPSA) is 3.24 Å². The van der Waals surface area contributed by atoms with Crippen molar-refractivity contribution >= 4 is 22.1 Å². The molecule has 4 fully saturated rings. The van der Waals surface area contributed by atoms with E-state index >= 15 is 0 Å². The predicted molar refractivity (Wildman–Crippen MR) is 179 cm³/mol. The van der Waals surface area contributed by atoms with Crippen molar-refractivity contribution in [2.24, 2.45) is 23.7 Å². The number of anilines is 2. The number of nitrogens with zero attached hydrogens (tertiary/aromatic N) is 1. The van der Waals surface area contributed by atoms with Gasteiger partial charge >= 0.3 is 0 Å². The number of benzene rings is 5. The molecular weight excluding hydrogens is 518 g/mol. The van der Waals surface area contributed by atoms with Gasteiger partial charge in [-0.1, -0.05) is 123 Å². The Morgan fingerprint density at radius 3 is 1.95 bits per heavy atom. The van der Waals surface area contributed by atoms with Crippen LogP contribution in [0.4, 0.5) is 11.4 Å². The minimum Gasteiger partial charge on any atom is -0.344 e. The summed E-state index contributed by atoms with van der Waals surface area (Å²) in [5.74, 6) is 4.45. The smallest absolute Gasteiger partial charge is 0.0529 e. The molecule has 5 aliphatic rings. The zero-order valence-electron chi connectivity index (χ0n) is 25.6.